The molecular formula is C13H28N2. The Kier molecular flexibility index (Phi) is 4.60. The Hall–Kier alpha value is -0.0800. The summed E-state index contributed by atoms with van der Waals surface area (Å²) in [4.78, 5) is 2.66. The first kappa shape index (κ1) is 13.0. The Bertz CT molecular complexity index is 183. The van der Waals surface area contributed by atoms with Gasteiger partial charge in [-0.3, -0.25) is 0 Å². The molecule has 0 aliphatic carbocycles. The molecule has 15 heavy (non-hydrogen) atoms. The van der Waals surface area contributed by atoms with Crippen LogP contribution >= 0.6 is 0 Å². The zero-order valence-electron chi connectivity index (χ0n) is 11.1. The molecule has 90 valence electrons. The van der Waals surface area contributed by atoms with Gasteiger partial charge in [-0.1, -0.05) is 20.8 Å². The Balaban J connectivity index is 2.35. The van der Waals surface area contributed by atoms with E-state index in [1.807, 2.05) is 7.05 Å². The molecule has 2 heteroatoms. The molecule has 0 aromatic carbocycles. The summed E-state index contributed by atoms with van der Waals surface area (Å²) in [6.07, 6.45) is 2.65. The highest BCUT2D eigenvalue weighted by atomic mass is 15.2. The van der Waals surface area contributed by atoms with Gasteiger partial charge in [-0.15, -0.1) is 0 Å². The highest BCUT2D eigenvalue weighted by Crippen LogP contribution is 2.34. The lowest BCUT2D eigenvalue weighted by molar-refractivity contribution is 0.196. The maximum Gasteiger partial charge on any atom is 0.00791 e. The maximum atomic E-state index is 3.24. The molecule has 0 amide bonds. The minimum atomic E-state index is 0.484. The van der Waals surface area contributed by atoms with Crippen molar-refractivity contribution in [2.75, 3.05) is 26.7 Å². The van der Waals surface area contributed by atoms with Gasteiger partial charge < -0.3 is 10.2 Å². The molecule has 1 saturated heterocycles. The van der Waals surface area contributed by atoms with Crippen LogP contribution in [0.4, 0.5) is 0 Å². The molecule has 1 heterocycles. The zero-order chi connectivity index (χ0) is 11.5. The Morgan fingerprint density at radius 1 is 1.40 bits per heavy atom. The molecule has 1 rings (SSSR count). The lowest BCUT2D eigenvalue weighted by atomic mass is 9.80. The molecule has 2 nitrogen and oxygen atoms in total. The fraction of sp³-hybridized carbons (Fsp3) is 1.00. The fourth-order valence-corrected chi connectivity index (χ4v) is 2.43. The molecule has 1 N–H and O–H groups in total. The van der Waals surface area contributed by atoms with Crippen LogP contribution in [0.3, 0.4) is 0 Å². The molecule has 1 fully saturated rings. The van der Waals surface area contributed by atoms with E-state index in [2.05, 4.69) is 37.9 Å². The molecule has 1 aliphatic heterocycles. The quantitative estimate of drug-likeness (QED) is 0.769. The summed E-state index contributed by atoms with van der Waals surface area (Å²) in [5.41, 5.74) is 0.484. The van der Waals surface area contributed by atoms with E-state index in [-0.39, 0.29) is 0 Å². The molecule has 0 saturated carbocycles. The predicted octanol–water partition coefficient (Wildman–Crippen LogP) is 2.35. The number of nitrogens with one attached hydrogen (secondary N) is 1. The Morgan fingerprint density at radius 3 is 2.53 bits per heavy atom. The Labute approximate surface area is 95.4 Å². The molecule has 2 unspecified atom stereocenters. The van der Waals surface area contributed by atoms with E-state index in [0.717, 1.165) is 18.5 Å². The van der Waals surface area contributed by atoms with Gasteiger partial charge >= 0.3 is 0 Å². The third kappa shape index (κ3) is 3.76. The van der Waals surface area contributed by atoms with E-state index >= 15 is 0 Å². The summed E-state index contributed by atoms with van der Waals surface area (Å²) in [6.45, 7) is 13.2. The lowest BCUT2D eigenvalue weighted by Crippen LogP contribution is -2.34. The molecule has 0 spiro atoms. The number of nitrogens with zero attached hydrogens (tertiary/aromatic N) is 1. The van der Waals surface area contributed by atoms with Gasteiger partial charge in [0.15, 0.2) is 0 Å². The standard InChI is InChI=1S/C13H28N2/c1-11(6-8-14-5)15-9-7-12(10-15)13(2,3)4/h11-12,14H,6-10H2,1-5H3. The van der Waals surface area contributed by atoms with E-state index in [4.69, 9.17) is 0 Å². The van der Waals surface area contributed by atoms with Crippen molar-refractivity contribution in [1.29, 1.82) is 0 Å². The van der Waals surface area contributed by atoms with Gasteiger partial charge in [0.1, 0.15) is 0 Å². The van der Waals surface area contributed by atoms with Crippen LogP contribution < -0.4 is 5.32 Å². The first-order valence-electron chi connectivity index (χ1n) is 6.33. The van der Waals surface area contributed by atoms with E-state index < -0.39 is 0 Å². The number of rotatable bonds is 4. The van der Waals surface area contributed by atoms with Crippen LogP contribution in [0.1, 0.15) is 40.5 Å². The molecule has 0 aromatic heterocycles. The summed E-state index contributed by atoms with van der Waals surface area (Å²) in [7, 11) is 2.04. The molecule has 1 aliphatic rings. The molecule has 0 aromatic rings. The van der Waals surface area contributed by atoms with Crippen molar-refractivity contribution < 1.29 is 0 Å². The van der Waals surface area contributed by atoms with Crippen molar-refractivity contribution in [1.82, 2.24) is 10.2 Å². The SMILES string of the molecule is CNCCC(C)N1CCC(C(C)(C)C)C1. The summed E-state index contributed by atoms with van der Waals surface area (Å²) >= 11 is 0. The number of hydrogen-bond acceptors (Lipinski definition) is 2. The second-order valence-corrected chi connectivity index (χ2v) is 6.09. The molecular weight excluding hydrogens is 184 g/mol. The molecule has 2 atom stereocenters. The van der Waals surface area contributed by atoms with Gasteiger partial charge in [0.05, 0.1) is 0 Å². The fourth-order valence-electron chi connectivity index (χ4n) is 2.43. The summed E-state index contributed by atoms with van der Waals surface area (Å²) in [5, 5.41) is 3.24. The topological polar surface area (TPSA) is 15.3 Å². The van der Waals surface area contributed by atoms with Gasteiger partial charge in [0, 0.05) is 12.6 Å². The second-order valence-electron chi connectivity index (χ2n) is 6.09. The lowest BCUT2D eigenvalue weighted by Gasteiger charge is -2.29. The van der Waals surface area contributed by atoms with Crippen LogP contribution in [-0.4, -0.2) is 37.6 Å². The van der Waals surface area contributed by atoms with E-state index in [1.54, 1.807) is 0 Å². The van der Waals surface area contributed by atoms with Crippen molar-refractivity contribution in [3.8, 4) is 0 Å². The summed E-state index contributed by atoms with van der Waals surface area (Å²) in [5.74, 6) is 0.884. The number of hydrogen-bond donors (Lipinski definition) is 1. The van der Waals surface area contributed by atoms with Crippen LogP contribution in [-0.2, 0) is 0 Å². The van der Waals surface area contributed by atoms with Gasteiger partial charge in [-0.25, -0.2) is 0 Å². The van der Waals surface area contributed by atoms with Crippen molar-refractivity contribution in [2.45, 2.75) is 46.6 Å². The third-order valence-electron chi connectivity index (χ3n) is 3.88. The smallest absolute Gasteiger partial charge is 0.00791 e. The van der Waals surface area contributed by atoms with Crippen LogP contribution in [0.2, 0.25) is 0 Å². The van der Waals surface area contributed by atoms with Crippen molar-refractivity contribution in [2.24, 2.45) is 11.3 Å². The zero-order valence-corrected chi connectivity index (χ0v) is 11.1. The number of likely N-dealkylation sites (tertiary alicyclic amines) is 1. The highest BCUT2D eigenvalue weighted by Gasteiger charge is 2.33. The van der Waals surface area contributed by atoms with Crippen LogP contribution in [0.5, 0.6) is 0 Å². The van der Waals surface area contributed by atoms with Crippen LogP contribution in [0, 0.1) is 11.3 Å². The van der Waals surface area contributed by atoms with Gasteiger partial charge in [-0.2, -0.15) is 0 Å². The van der Waals surface area contributed by atoms with Gasteiger partial charge in [0.2, 0.25) is 0 Å². The second kappa shape index (κ2) is 5.31. The van der Waals surface area contributed by atoms with Crippen LogP contribution in [0.25, 0.3) is 0 Å². The van der Waals surface area contributed by atoms with E-state index in [1.165, 1.54) is 25.9 Å². The normalized spacial score (nSPS) is 25.8. The average Bonchev–Trinajstić information content (AvgIpc) is 2.62. The average molecular weight is 212 g/mol. The highest BCUT2D eigenvalue weighted by molar-refractivity contribution is 4.86. The van der Waals surface area contributed by atoms with Crippen LogP contribution in [0.15, 0.2) is 0 Å². The molecule has 0 bridgehead atoms. The largest absolute Gasteiger partial charge is 0.320 e. The van der Waals surface area contributed by atoms with Crippen molar-refractivity contribution in [3.05, 3.63) is 0 Å². The van der Waals surface area contributed by atoms with Crippen molar-refractivity contribution >= 4 is 0 Å². The monoisotopic (exact) mass is 212 g/mol. The summed E-state index contributed by atoms with van der Waals surface area (Å²) < 4.78 is 0. The van der Waals surface area contributed by atoms with E-state index in [0.29, 0.717) is 5.41 Å². The van der Waals surface area contributed by atoms with E-state index in [9.17, 15) is 0 Å². The first-order valence-corrected chi connectivity index (χ1v) is 6.33. The maximum absolute atomic E-state index is 3.24. The minimum Gasteiger partial charge on any atom is -0.320 e. The molecule has 0 radical (unpaired) electrons. The van der Waals surface area contributed by atoms with Gasteiger partial charge in [-0.05, 0) is 51.2 Å². The van der Waals surface area contributed by atoms with Crippen molar-refractivity contribution in [3.63, 3.8) is 0 Å². The summed E-state index contributed by atoms with van der Waals surface area (Å²) in [6, 6.07) is 0.741. The third-order valence-corrected chi connectivity index (χ3v) is 3.88. The minimum absolute atomic E-state index is 0.484. The van der Waals surface area contributed by atoms with Gasteiger partial charge in [0.25, 0.3) is 0 Å². The first-order chi connectivity index (χ1) is 6.95. The Morgan fingerprint density at radius 2 is 2.07 bits per heavy atom. The predicted molar refractivity (Wildman–Crippen MR) is 67.1 cm³/mol.